The summed E-state index contributed by atoms with van der Waals surface area (Å²) in [6, 6.07) is 15.9. The van der Waals surface area contributed by atoms with Gasteiger partial charge in [-0.25, -0.2) is 4.79 Å². The van der Waals surface area contributed by atoms with E-state index in [1.807, 2.05) is 18.2 Å². The maximum Gasteiger partial charge on any atom is 0.344 e. The van der Waals surface area contributed by atoms with Crippen LogP contribution in [0.4, 0.5) is 0 Å². The van der Waals surface area contributed by atoms with Gasteiger partial charge in [0.05, 0.1) is 11.6 Å². The minimum atomic E-state index is -0.464. The second-order valence-electron chi connectivity index (χ2n) is 4.45. The second-order valence-corrected chi connectivity index (χ2v) is 5.37. The number of nitriles is 1. The van der Waals surface area contributed by atoms with E-state index in [0.29, 0.717) is 17.1 Å². The molecule has 2 aromatic rings. The van der Waals surface area contributed by atoms with E-state index in [0.717, 1.165) is 4.47 Å². The zero-order chi connectivity index (χ0) is 16.5. The predicted molar refractivity (Wildman–Crippen MR) is 87.2 cm³/mol. The quantitative estimate of drug-likeness (QED) is 0.548. The number of hydrogen-bond acceptors (Lipinski definition) is 5. The minimum absolute atomic E-state index is 0.126. The van der Waals surface area contributed by atoms with E-state index >= 15 is 0 Å². The third-order valence-electron chi connectivity index (χ3n) is 2.75. The number of hydrogen-bond donors (Lipinski definition) is 0. The highest BCUT2D eigenvalue weighted by Crippen LogP contribution is 2.17. The number of esters is 1. The van der Waals surface area contributed by atoms with Crippen LogP contribution in [0.2, 0.25) is 0 Å². The van der Waals surface area contributed by atoms with Crippen molar-refractivity contribution in [2.24, 2.45) is 0 Å². The van der Waals surface area contributed by atoms with E-state index in [1.54, 1.807) is 36.4 Å². The normalized spacial score (nSPS) is 9.74. The topological polar surface area (TPSA) is 68.5 Å². The highest BCUT2D eigenvalue weighted by molar-refractivity contribution is 9.10. The van der Waals surface area contributed by atoms with Crippen LogP contribution in [0.25, 0.3) is 0 Å². The van der Waals surface area contributed by atoms with Crippen molar-refractivity contribution >= 4 is 21.9 Å². The summed E-state index contributed by atoms with van der Waals surface area (Å²) in [6.07, 6.45) is 0. The van der Waals surface area contributed by atoms with Crippen LogP contribution in [0, 0.1) is 11.3 Å². The van der Waals surface area contributed by atoms with Gasteiger partial charge in [0, 0.05) is 4.47 Å². The lowest BCUT2D eigenvalue weighted by Crippen LogP contribution is -2.18. The molecule has 0 bridgehead atoms. The molecule has 2 aromatic carbocycles. The molecule has 0 heterocycles. The Kier molecular flexibility index (Phi) is 6.45. The number of carbonyl (C=O) groups is 1. The SMILES string of the molecule is N#Cc1ccc(OCCOC(=O)COc2cccc(Br)c2)cc1. The Morgan fingerprint density at radius 2 is 1.83 bits per heavy atom. The van der Waals surface area contributed by atoms with Crippen LogP contribution in [-0.4, -0.2) is 25.8 Å². The summed E-state index contributed by atoms with van der Waals surface area (Å²) in [6.45, 7) is 0.197. The molecule has 0 radical (unpaired) electrons. The van der Waals surface area contributed by atoms with Crippen molar-refractivity contribution in [2.45, 2.75) is 0 Å². The molecule has 0 amide bonds. The lowest BCUT2D eigenvalue weighted by atomic mass is 10.2. The van der Waals surface area contributed by atoms with Gasteiger partial charge in [-0.05, 0) is 42.5 Å². The minimum Gasteiger partial charge on any atom is -0.490 e. The van der Waals surface area contributed by atoms with Crippen molar-refractivity contribution in [3.63, 3.8) is 0 Å². The van der Waals surface area contributed by atoms with Crippen molar-refractivity contribution < 1.29 is 19.0 Å². The van der Waals surface area contributed by atoms with Gasteiger partial charge in [0.25, 0.3) is 0 Å². The fourth-order valence-corrected chi connectivity index (χ4v) is 2.06. The third kappa shape index (κ3) is 6.01. The lowest BCUT2D eigenvalue weighted by Gasteiger charge is -2.08. The van der Waals surface area contributed by atoms with E-state index in [-0.39, 0.29) is 19.8 Å². The summed E-state index contributed by atoms with van der Waals surface area (Å²) in [5, 5.41) is 8.69. The van der Waals surface area contributed by atoms with Crippen LogP contribution in [0.5, 0.6) is 11.5 Å². The Hall–Kier alpha value is -2.52. The number of benzene rings is 2. The molecule has 23 heavy (non-hydrogen) atoms. The highest BCUT2D eigenvalue weighted by Gasteiger charge is 2.05. The first-order chi connectivity index (χ1) is 11.2. The van der Waals surface area contributed by atoms with Gasteiger partial charge in [-0.2, -0.15) is 5.26 Å². The molecule has 0 aromatic heterocycles. The molecule has 118 valence electrons. The summed E-state index contributed by atoms with van der Waals surface area (Å²) >= 11 is 3.32. The van der Waals surface area contributed by atoms with Gasteiger partial charge in [0.2, 0.25) is 0 Å². The van der Waals surface area contributed by atoms with Gasteiger partial charge < -0.3 is 14.2 Å². The zero-order valence-electron chi connectivity index (χ0n) is 12.2. The Balaban J connectivity index is 1.63. The molecule has 0 aliphatic carbocycles. The van der Waals surface area contributed by atoms with Crippen LogP contribution in [-0.2, 0) is 9.53 Å². The number of carbonyl (C=O) groups excluding carboxylic acids is 1. The van der Waals surface area contributed by atoms with Gasteiger partial charge in [0.1, 0.15) is 24.7 Å². The molecule has 0 atom stereocenters. The van der Waals surface area contributed by atoms with E-state index in [9.17, 15) is 4.79 Å². The molecule has 0 unspecified atom stereocenters. The average molecular weight is 376 g/mol. The maximum absolute atomic E-state index is 11.5. The molecule has 5 nitrogen and oxygen atoms in total. The van der Waals surface area contributed by atoms with Crippen molar-refractivity contribution in [3.05, 3.63) is 58.6 Å². The fourth-order valence-electron chi connectivity index (χ4n) is 1.68. The first-order valence-electron chi connectivity index (χ1n) is 6.84. The van der Waals surface area contributed by atoms with Crippen LogP contribution < -0.4 is 9.47 Å². The highest BCUT2D eigenvalue weighted by atomic mass is 79.9. The van der Waals surface area contributed by atoms with Crippen LogP contribution in [0.3, 0.4) is 0 Å². The van der Waals surface area contributed by atoms with Gasteiger partial charge in [-0.15, -0.1) is 0 Å². The maximum atomic E-state index is 11.5. The molecule has 0 spiro atoms. The number of nitrogens with zero attached hydrogens (tertiary/aromatic N) is 1. The zero-order valence-corrected chi connectivity index (χ0v) is 13.8. The molecule has 6 heteroatoms. The Bertz CT molecular complexity index is 694. The van der Waals surface area contributed by atoms with Crippen molar-refractivity contribution in [2.75, 3.05) is 19.8 Å². The smallest absolute Gasteiger partial charge is 0.344 e. The van der Waals surface area contributed by atoms with Crippen molar-refractivity contribution in [3.8, 4) is 17.6 Å². The van der Waals surface area contributed by atoms with Crippen LogP contribution >= 0.6 is 15.9 Å². The standard InChI is InChI=1S/C17H14BrNO4/c18-14-2-1-3-16(10-14)23-12-17(20)22-9-8-21-15-6-4-13(11-19)5-7-15/h1-7,10H,8-9,12H2. The Morgan fingerprint density at radius 1 is 1.04 bits per heavy atom. The molecular formula is C17H14BrNO4. The van der Waals surface area contributed by atoms with Gasteiger partial charge in [0.15, 0.2) is 6.61 Å². The molecule has 0 fully saturated rings. The summed E-state index contributed by atoms with van der Waals surface area (Å²) in [5.41, 5.74) is 0.563. The van der Waals surface area contributed by atoms with E-state index in [2.05, 4.69) is 15.9 Å². The second kappa shape index (κ2) is 8.81. The fraction of sp³-hybridized carbons (Fsp3) is 0.176. The largest absolute Gasteiger partial charge is 0.490 e. The van der Waals surface area contributed by atoms with Crippen molar-refractivity contribution in [1.82, 2.24) is 0 Å². The molecular weight excluding hydrogens is 362 g/mol. The number of rotatable bonds is 7. The molecule has 0 N–H and O–H groups in total. The van der Waals surface area contributed by atoms with Crippen molar-refractivity contribution in [1.29, 1.82) is 5.26 Å². The molecule has 0 aliphatic rings. The monoisotopic (exact) mass is 375 g/mol. The van der Waals surface area contributed by atoms with Gasteiger partial charge in [-0.3, -0.25) is 0 Å². The molecule has 0 saturated heterocycles. The summed E-state index contributed by atoms with van der Waals surface area (Å²) < 4.78 is 16.6. The average Bonchev–Trinajstić information content (AvgIpc) is 2.57. The first-order valence-corrected chi connectivity index (χ1v) is 7.63. The van der Waals surface area contributed by atoms with Crippen LogP contribution in [0.1, 0.15) is 5.56 Å². The summed E-state index contributed by atoms with van der Waals surface area (Å²) in [7, 11) is 0. The number of ether oxygens (including phenoxy) is 3. The van der Waals surface area contributed by atoms with Gasteiger partial charge >= 0.3 is 5.97 Å². The first kappa shape index (κ1) is 16.8. The summed E-state index contributed by atoms with van der Waals surface area (Å²) in [4.78, 5) is 11.5. The Labute approximate surface area is 142 Å². The molecule has 0 aliphatic heterocycles. The molecule has 0 saturated carbocycles. The van der Waals surface area contributed by atoms with Gasteiger partial charge in [-0.1, -0.05) is 22.0 Å². The summed E-state index contributed by atoms with van der Waals surface area (Å²) in [5.74, 6) is 0.740. The number of halogens is 1. The van der Waals surface area contributed by atoms with Crippen LogP contribution in [0.15, 0.2) is 53.0 Å². The Morgan fingerprint density at radius 3 is 2.52 bits per heavy atom. The lowest BCUT2D eigenvalue weighted by molar-refractivity contribution is -0.146. The van der Waals surface area contributed by atoms with E-state index in [1.165, 1.54) is 0 Å². The van der Waals surface area contributed by atoms with E-state index in [4.69, 9.17) is 19.5 Å². The molecule has 2 rings (SSSR count). The third-order valence-corrected chi connectivity index (χ3v) is 3.24. The van der Waals surface area contributed by atoms with E-state index < -0.39 is 5.97 Å². The predicted octanol–water partition coefficient (Wildman–Crippen LogP) is 3.32.